The first-order chi connectivity index (χ1) is 8.46. The standard InChI is InChI=1S/C16H36N2/c1-8-15(9-2)12-18(10-3)16(13(4)5)11-17-14(6)7/h13-17H,8-12H2,1-7H3. The SMILES string of the molecule is CCC(CC)CN(CC)C(CNC(C)C)C(C)C. The van der Waals surface area contributed by atoms with Crippen LogP contribution in [0.2, 0.25) is 0 Å². The lowest BCUT2D eigenvalue weighted by atomic mass is 9.97. The largest absolute Gasteiger partial charge is 0.313 e. The quantitative estimate of drug-likeness (QED) is 0.640. The zero-order valence-corrected chi connectivity index (χ0v) is 13.8. The van der Waals surface area contributed by atoms with E-state index in [1.54, 1.807) is 0 Å². The first-order valence-electron chi connectivity index (χ1n) is 7.93. The van der Waals surface area contributed by atoms with Crippen LogP contribution in [0, 0.1) is 11.8 Å². The Labute approximate surface area is 116 Å². The average molecular weight is 256 g/mol. The van der Waals surface area contributed by atoms with Crippen molar-refractivity contribution >= 4 is 0 Å². The van der Waals surface area contributed by atoms with Crippen LogP contribution in [0.15, 0.2) is 0 Å². The van der Waals surface area contributed by atoms with Crippen molar-refractivity contribution in [3.63, 3.8) is 0 Å². The Kier molecular flexibility index (Phi) is 9.76. The van der Waals surface area contributed by atoms with Gasteiger partial charge in [0.15, 0.2) is 0 Å². The van der Waals surface area contributed by atoms with Crippen molar-refractivity contribution in [3.8, 4) is 0 Å². The third kappa shape index (κ3) is 6.75. The van der Waals surface area contributed by atoms with E-state index in [1.165, 1.54) is 25.9 Å². The maximum Gasteiger partial charge on any atom is 0.0243 e. The van der Waals surface area contributed by atoms with Crippen LogP contribution in [0.3, 0.4) is 0 Å². The van der Waals surface area contributed by atoms with Crippen LogP contribution in [0.4, 0.5) is 0 Å². The lowest BCUT2D eigenvalue weighted by molar-refractivity contribution is 0.131. The number of rotatable bonds is 10. The molecule has 0 aromatic carbocycles. The van der Waals surface area contributed by atoms with Gasteiger partial charge in [0.2, 0.25) is 0 Å². The monoisotopic (exact) mass is 256 g/mol. The maximum absolute atomic E-state index is 3.61. The van der Waals surface area contributed by atoms with E-state index in [4.69, 9.17) is 0 Å². The van der Waals surface area contributed by atoms with E-state index in [2.05, 4.69) is 58.7 Å². The summed E-state index contributed by atoms with van der Waals surface area (Å²) >= 11 is 0. The molecule has 1 atom stereocenters. The van der Waals surface area contributed by atoms with Crippen LogP contribution in [-0.2, 0) is 0 Å². The van der Waals surface area contributed by atoms with E-state index in [0.29, 0.717) is 18.0 Å². The fourth-order valence-electron chi connectivity index (χ4n) is 2.52. The van der Waals surface area contributed by atoms with Gasteiger partial charge in [-0.1, -0.05) is 61.3 Å². The van der Waals surface area contributed by atoms with Gasteiger partial charge in [0.1, 0.15) is 0 Å². The fourth-order valence-corrected chi connectivity index (χ4v) is 2.52. The van der Waals surface area contributed by atoms with E-state index in [0.717, 1.165) is 12.5 Å². The maximum atomic E-state index is 3.61. The molecule has 0 radical (unpaired) electrons. The molecule has 0 aliphatic carbocycles. The number of likely N-dealkylation sites (N-methyl/N-ethyl adjacent to an activating group) is 1. The summed E-state index contributed by atoms with van der Waals surface area (Å²) < 4.78 is 0. The second-order valence-electron chi connectivity index (χ2n) is 6.14. The molecule has 0 fully saturated rings. The number of nitrogens with one attached hydrogen (secondary N) is 1. The Bertz CT molecular complexity index is 186. The fraction of sp³-hybridized carbons (Fsp3) is 1.00. The highest BCUT2D eigenvalue weighted by Crippen LogP contribution is 2.16. The Morgan fingerprint density at radius 2 is 1.50 bits per heavy atom. The van der Waals surface area contributed by atoms with Crippen LogP contribution in [0.25, 0.3) is 0 Å². The summed E-state index contributed by atoms with van der Waals surface area (Å²) in [6.07, 6.45) is 2.60. The first kappa shape index (κ1) is 17.9. The first-order valence-corrected chi connectivity index (χ1v) is 7.93. The molecule has 2 heteroatoms. The second kappa shape index (κ2) is 9.80. The van der Waals surface area contributed by atoms with Crippen molar-refractivity contribution in [3.05, 3.63) is 0 Å². The number of hydrogen-bond acceptors (Lipinski definition) is 2. The van der Waals surface area contributed by atoms with Crippen molar-refractivity contribution in [2.45, 2.75) is 73.4 Å². The molecule has 0 aromatic rings. The van der Waals surface area contributed by atoms with Crippen molar-refractivity contribution in [2.24, 2.45) is 11.8 Å². The molecule has 18 heavy (non-hydrogen) atoms. The zero-order chi connectivity index (χ0) is 14.1. The lowest BCUT2D eigenvalue weighted by Crippen LogP contribution is -2.48. The highest BCUT2D eigenvalue weighted by Gasteiger charge is 2.22. The summed E-state index contributed by atoms with van der Waals surface area (Å²) in [7, 11) is 0. The highest BCUT2D eigenvalue weighted by molar-refractivity contribution is 4.79. The normalized spacial score (nSPS) is 14.2. The third-order valence-electron chi connectivity index (χ3n) is 4.03. The summed E-state index contributed by atoms with van der Waals surface area (Å²) in [5.74, 6) is 1.57. The van der Waals surface area contributed by atoms with Gasteiger partial charge < -0.3 is 5.32 Å². The molecule has 0 spiro atoms. The number of hydrogen-bond donors (Lipinski definition) is 1. The third-order valence-corrected chi connectivity index (χ3v) is 4.03. The van der Waals surface area contributed by atoms with E-state index in [9.17, 15) is 0 Å². The summed E-state index contributed by atoms with van der Waals surface area (Å²) in [5.41, 5.74) is 0. The molecular formula is C16H36N2. The molecule has 0 rings (SSSR count). The molecule has 2 nitrogen and oxygen atoms in total. The van der Waals surface area contributed by atoms with Gasteiger partial charge in [-0.2, -0.15) is 0 Å². The Hall–Kier alpha value is -0.0800. The minimum atomic E-state index is 0.582. The Morgan fingerprint density at radius 3 is 1.83 bits per heavy atom. The minimum absolute atomic E-state index is 0.582. The molecule has 1 unspecified atom stereocenters. The highest BCUT2D eigenvalue weighted by atomic mass is 15.2. The van der Waals surface area contributed by atoms with Crippen LogP contribution >= 0.6 is 0 Å². The smallest absolute Gasteiger partial charge is 0.0243 e. The molecule has 0 amide bonds. The van der Waals surface area contributed by atoms with Crippen LogP contribution < -0.4 is 5.32 Å². The Balaban J connectivity index is 4.50. The molecule has 0 saturated heterocycles. The molecule has 0 aliphatic rings. The zero-order valence-electron chi connectivity index (χ0n) is 13.8. The molecular weight excluding hydrogens is 220 g/mol. The molecule has 0 saturated carbocycles. The van der Waals surface area contributed by atoms with Crippen molar-refractivity contribution in [1.82, 2.24) is 10.2 Å². The van der Waals surface area contributed by atoms with Gasteiger partial charge in [-0.3, -0.25) is 4.90 Å². The van der Waals surface area contributed by atoms with Crippen LogP contribution in [0.5, 0.6) is 0 Å². The van der Waals surface area contributed by atoms with Crippen molar-refractivity contribution in [1.29, 1.82) is 0 Å². The minimum Gasteiger partial charge on any atom is -0.313 e. The molecule has 0 aliphatic heterocycles. The summed E-state index contributed by atoms with van der Waals surface area (Å²) in [6, 6.07) is 1.25. The van der Waals surface area contributed by atoms with Gasteiger partial charge >= 0.3 is 0 Å². The van der Waals surface area contributed by atoms with Crippen LogP contribution in [-0.4, -0.2) is 36.6 Å². The van der Waals surface area contributed by atoms with Crippen molar-refractivity contribution in [2.75, 3.05) is 19.6 Å². The molecule has 0 aromatic heterocycles. The number of nitrogens with zero attached hydrogens (tertiary/aromatic N) is 1. The average Bonchev–Trinajstić information content (AvgIpc) is 2.32. The lowest BCUT2D eigenvalue weighted by Gasteiger charge is -2.36. The van der Waals surface area contributed by atoms with Gasteiger partial charge in [-0.05, 0) is 18.4 Å². The summed E-state index contributed by atoms with van der Waals surface area (Å²) in [5, 5.41) is 3.61. The van der Waals surface area contributed by atoms with E-state index in [1.807, 2.05) is 0 Å². The van der Waals surface area contributed by atoms with Crippen LogP contribution in [0.1, 0.15) is 61.3 Å². The van der Waals surface area contributed by atoms with E-state index in [-0.39, 0.29) is 0 Å². The van der Waals surface area contributed by atoms with Gasteiger partial charge in [-0.15, -0.1) is 0 Å². The molecule has 0 heterocycles. The predicted molar refractivity (Wildman–Crippen MR) is 83.1 cm³/mol. The Morgan fingerprint density at radius 1 is 0.944 bits per heavy atom. The van der Waals surface area contributed by atoms with Crippen molar-refractivity contribution < 1.29 is 0 Å². The van der Waals surface area contributed by atoms with Gasteiger partial charge in [0, 0.05) is 25.2 Å². The van der Waals surface area contributed by atoms with Gasteiger partial charge in [0.05, 0.1) is 0 Å². The molecule has 0 bridgehead atoms. The van der Waals surface area contributed by atoms with E-state index < -0.39 is 0 Å². The predicted octanol–water partition coefficient (Wildman–Crippen LogP) is 3.77. The molecule has 110 valence electrons. The second-order valence-corrected chi connectivity index (χ2v) is 6.14. The van der Waals surface area contributed by atoms with Gasteiger partial charge in [-0.25, -0.2) is 0 Å². The van der Waals surface area contributed by atoms with Gasteiger partial charge in [0.25, 0.3) is 0 Å². The van der Waals surface area contributed by atoms with E-state index >= 15 is 0 Å². The molecule has 1 N–H and O–H groups in total. The summed E-state index contributed by atoms with van der Waals surface area (Å²) in [4.78, 5) is 2.68. The summed E-state index contributed by atoms with van der Waals surface area (Å²) in [6.45, 7) is 19.6. The topological polar surface area (TPSA) is 15.3 Å².